The highest BCUT2D eigenvalue weighted by atomic mass is 19.4. The van der Waals surface area contributed by atoms with E-state index in [4.69, 9.17) is 5.11 Å². The van der Waals surface area contributed by atoms with Crippen molar-refractivity contribution in [2.45, 2.75) is 38.4 Å². The highest BCUT2D eigenvalue weighted by molar-refractivity contribution is 6.07. The van der Waals surface area contributed by atoms with Crippen molar-refractivity contribution >= 4 is 40.2 Å². The molecule has 5 heterocycles. The number of carbonyl (C=O) groups is 2. The second-order valence-corrected chi connectivity index (χ2v) is 8.91. The van der Waals surface area contributed by atoms with Crippen LogP contribution in [0.5, 0.6) is 0 Å². The first-order valence-corrected chi connectivity index (χ1v) is 11.4. The Kier molecular flexibility index (Phi) is 5.98. The van der Waals surface area contributed by atoms with E-state index >= 15 is 0 Å². The number of aromatic amines is 1. The van der Waals surface area contributed by atoms with Crippen molar-refractivity contribution in [3.63, 3.8) is 0 Å². The maximum Gasteiger partial charge on any atom is 0.394 e. The second-order valence-electron chi connectivity index (χ2n) is 8.91. The Labute approximate surface area is 202 Å². The molecule has 3 N–H and O–H groups in total. The lowest BCUT2D eigenvalue weighted by atomic mass is 10.00. The SMILES string of the molecule is Cc1ccc2c(NC(=O)N3c4nc(C(=O)C[C@@H](CO)C(F)(F)F)ncc4N4CCC[C@H]3C4)n[nH]c2n1. The Morgan fingerprint density at radius 1 is 1.31 bits per heavy atom. The number of pyridine rings is 1. The van der Waals surface area contributed by atoms with E-state index < -0.39 is 42.8 Å². The molecule has 1 saturated heterocycles. The molecule has 0 aliphatic carbocycles. The molecule has 3 aromatic heterocycles. The molecule has 0 spiro atoms. The van der Waals surface area contributed by atoms with E-state index in [9.17, 15) is 22.8 Å². The number of aliphatic hydroxyl groups is 1. The molecule has 0 aromatic carbocycles. The summed E-state index contributed by atoms with van der Waals surface area (Å²) in [6, 6.07) is 2.75. The van der Waals surface area contributed by atoms with Gasteiger partial charge in [0.1, 0.15) is 0 Å². The van der Waals surface area contributed by atoms with Crippen LogP contribution in [-0.2, 0) is 0 Å². The molecule has 1 fully saturated rings. The van der Waals surface area contributed by atoms with Gasteiger partial charge in [-0.3, -0.25) is 20.1 Å². The number of aryl methyl sites for hydroxylation is 1. The summed E-state index contributed by atoms with van der Waals surface area (Å²) in [5, 5.41) is 19.4. The molecule has 5 rings (SSSR count). The van der Waals surface area contributed by atoms with Gasteiger partial charge >= 0.3 is 12.2 Å². The quantitative estimate of drug-likeness (QED) is 0.451. The minimum absolute atomic E-state index is 0.142. The fourth-order valence-corrected chi connectivity index (χ4v) is 4.58. The minimum atomic E-state index is -4.74. The van der Waals surface area contributed by atoms with Gasteiger partial charge in [0, 0.05) is 25.2 Å². The zero-order valence-electron chi connectivity index (χ0n) is 19.2. The molecule has 190 valence electrons. The molecule has 2 bridgehead atoms. The number of carbonyl (C=O) groups excluding carboxylic acids is 2. The number of aliphatic hydroxyl groups excluding tert-OH is 1. The number of rotatable bonds is 5. The zero-order chi connectivity index (χ0) is 25.6. The summed E-state index contributed by atoms with van der Waals surface area (Å²) in [6.45, 7) is 1.83. The van der Waals surface area contributed by atoms with Crippen molar-refractivity contribution in [2.24, 2.45) is 5.92 Å². The fourth-order valence-electron chi connectivity index (χ4n) is 4.58. The molecule has 2 atom stereocenters. The van der Waals surface area contributed by atoms with Crippen LogP contribution >= 0.6 is 0 Å². The highest BCUT2D eigenvalue weighted by Crippen LogP contribution is 2.38. The summed E-state index contributed by atoms with van der Waals surface area (Å²) in [7, 11) is 0. The van der Waals surface area contributed by atoms with Gasteiger partial charge in [-0.25, -0.2) is 19.7 Å². The largest absolute Gasteiger partial charge is 0.396 e. The molecule has 2 aliphatic rings. The van der Waals surface area contributed by atoms with Crippen LogP contribution in [0.1, 0.15) is 35.6 Å². The zero-order valence-corrected chi connectivity index (χ0v) is 19.2. The number of alkyl halides is 3. The number of amides is 2. The minimum Gasteiger partial charge on any atom is -0.396 e. The number of halogens is 3. The van der Waals surface area contributed by atoms with Gasteiger partial charge in [0.25, 0.3) is 0 Å². The van der Waals surface area contributed by atoms with Gasteiger partial charge in [-0.1, -0.05) is 0 Å². The number of fused-ring (bicyclic) bond motifs is 5. The van der Waals surface area contributed by atoms with Crippen molar-refractivity contribution in [3.8, 4) is 0 Å². The third kappa shape index (κ3) is 4.32. The third-order valence-electron chi connectivity index (χ3n) is 6.45. The van der Waals surface area contributed by atoms with Crippen molar-refractivity contribution in [3.05, 3.63) is 29.8 Å². The van der Waals surface area contributed by atoms with E-state index in [1.807, 2.05) is 11.8 Å². The van der Waals surface area contributed by atoms with Crippen LogP contribution in [0.3, 0.4) is 0 Å². The molecule has 36 heavy (non-hydrogen) atoms. The van der Waals surface area contributed by atoms with Gasteiger partial charge in [0.15, 0.2) is 23.1 Å². The van der Waals surface area contributed by atoms with Crippen LogP contribution < -0.4 is 15.1 Å². The number of nitrogens with one attached hydrogen (secondary N) is 2. The maximum atomic E-state index is 13.5. The third-order valence-corrected chi connectivity index (χ3v) is 6.45. The Balaban J connectivity index is 1.47. The molecule has 2 aliphatic heterocycles. The lowest BCUT2D eigenvalue weighted by molar-refractivity contribution is -0.182. The molecule has 2 amide bonds. The smallest absolute Gasteiger partial charge is 0.394 e. The van der Waals surface area contributed by atoms with Gasteiger partial charge in [0.2, 0.25) is 5.78 Å². The van der Waals surface area contributed by atoms with E-state index in [2.05, 4.69) is 30.5 Å². The van der Waals surface area contributed by atoms with Gasteiger partial charge in [-0.2, -0.15) is 18.3 Å². The Bertz CT molecular complexity index is 1330. The standard InChI is InChI=1S/C22H23F3N8O3/c1-11-4-5-14-17(27-11)30-31-18(14)29-21(36)33-13-3-2-6-32(9-13)15-8-26-19(28-20(15)33)16(35)7-12(10-34)22(23,24)25/h4-5,8,12-13,34H,2-3,6-7,9-10H2,1H3,(H2,27,29,30,31,36)/t12-,13-/m0/s1. The van der Waals surface area contributed by atoms with Gasteiger partial charge in [0.05, 0.1) is 35.8 Å². The van der Waals surface area contributed by atoms with Crippen molar-refractivity contribution in [2.75, 3.05) is 34.8 Å². The van der Waals surface area contributed by atoms with Crippen LogP contribution in [0, 0.1) is 12.8 Å². The summed E-state index contributed by atoms with van der Waals surface area (Å²) in [4.78, 5) is 42.1. The molecule has 3 aromatic rings. The number of piperidine rings is 1. The number of anilines is 3. The van der Waals surface area contributed by atoms with E-state index in [1.54, 1.807) is 12.1 Å². The van der Waals surface area contributed by atoms with E-state index in [-0.39, 0.29) is 17.7 Å². The molecule has 0 saturated carbocycles. The molecule has 14 heteroatoms. The first-order valence-electron chi connectivity index (χ1n) is 11.4. The number of hydrogen-bond donors (Lipinski definition) is 3. The van der Waals surface area contributed by atoms with Crippen molar-refractivity contribution in [1.29, 1.82) is 0 Å². The average molecular weight is 504 g/mol. The predicted octanol–water partition coefficient (Wildman–Crippen LogP) is 2.82. The van der Waals surface area contributed by atoms with Crippen LogP contribution in [0.4, 0.5) is 35.3 Å². The first-order chi connectivity index (χ1) is 17.2. The Hall–Kier alpha value is -3.81. The van der Waals surface area contributed by atoms with Crippen LogP contribution in [-0.4, -0.2) is 74.0 Å². The predicted molar refractivity (Wildman–Crippen MR) is 123 cm³/mol. The lowest BCUT2D eigenvalue weighted by Gasteiger charge is -2.45. The van der Waals surface area contributed by atoms with E-state index in [0.29, 0.717) is 36.2 Å². The summed E-state index contributed by atoms with van der Waals surface area (Å²) < 4.78 is 39.2. The number of urea groups is 1. The van der Waals surface area contributed by atoms with Crippen molar-refractivity contribution in [1.82, 2.24) is 25.1 Å². The highest BCUT2D eigenvalue weighted by Gasteiger charge is 2.42. The van der Waals surface area contributed by atoms with Crippen molar-refractivity contribution < 1.29 is 27.9 Å². The molecular formula is C22H23F3N8O3. The van der Waals surface area contributed by atoms with Crippen LogP contribution in [0.15, 0.2) is 18.3 Å². The Morgan fingerprint density at radius 2 is 2.11 bits per heavy atom. The second kappa shape index (κ2) is 9.00. The molecule has 11 nitrogen and oxygen atoms in total. The first kappa shape index (κ1) is 23.9. The lowest BCUT2D eigenvalue weighted by Crippen LogP contribution is -2.56. The monoisotopic (exact) mass is 504 g/mol. The number of aromatic nitrogens is 5. The summed E-state index contributed by atoms with van der Waals surface area (Å²) in [5.41, 5.74) is 1.79. The number of hydrogen-bond acceptors (Lipinski definition) is 8. The number of H-pyrrole nitrogens is 1. The summed E-state index contributed by atoms with van der Waals surface area (Å²) in [6.07, 6.45) is -2.89. The molecule has 0 radical (unpaired) electrons. The Morgan fingerprint density at radius 3 is 2.86 bits per heavy atom. The van der Waals surface area contributed by atoms with E-state index in [1.165, 1.54) is 11.1 Å². The molecular weight excluding hydrogens is 481 g/mol. The van der Waals surface area contributed by atoms with E-state index in [0.717, 1.165) is 12.1 Å². The molecule has 0 unspecified atom stereocenters. The van der Waals surface area contributed by atoms with Crippen LogP contribution in [0.25, 0.3) is 11.0 Å². The maximum absolute atomic E-state index is 13.5. The number of Topliss-reactive ketones (excluding diaryl/α,β-unsaturated/α-hetero) is 1. The number of ketones is 1. The van der Waals surface area contributed by atoms with Gasteiger partial charge < -0.3 is 10.0 Å². The summed E-state index contributed by atoms with van der Waals surface area (Å²) >= 11 is 0. The van der Waals surface area contributed by atoms with Gasteiger partial charge in [-0.15, -0.1) is 0 Å². The fraction of sp³-hybridized carbons (Fsp3) is 0.455. The van der Waals surface area contributed by atoms with Gasteiger partial charge in [-0.05, 0) is 31.9 Å². The van der Waals surface area contributed by atoms with Crippen LogP contribution in [0.2, 0.25) is 0 Å². The number of nitrogens with zero attached hydrogens (tertiary/aromatic N) is 6. The topological polar surface area (TPSA) is 140 Å². The summed E-state index contributed by atoms with van der Waals surface area (Å²) in [5.74, 6) is -3.23. The average Bonchev–Trinajstić information content (AvgIpc) is 3.23. The normalized spacial score (nSPS) is 18.2.